The maximum Gasteiger partial charge on any atom is 0.435 e. The van der Waals surface area contributed by atoms with E-state index in [1.165, 1.54) is 18.2 Å². The number of ketones is 1. The molecule has 1 unspecified atom stereocenters. The van der Waals surface area contributed by atoms with Crippen LogP contribution in [0.2, 0.25) is 0 Å². The number of rotatable bonds is 12. The Hall–Kier alpha value is -4.48. The molecule has 0 aliphatic carbocycles. The molecule has 0 radical (unpaired) electrons. The van der Waals surface area contributed by atoms with Crippen LogP contribution in [-0.4, -0.2) is 27.0 Å². The maximum absolute atomic E-state index is 14.2. The fourth-order valence-corrected chi connectivity index (χ4v) is 4.96. The fourth-order valence-electron chi connectivity index (χ4n) is 4.96. The molecule has 0 fully saturated rings. The van der Waals surface area contributed by atoms with Gasteiger partial charge >= 0.3 is 12.3 Å². The van der Waals surface area contributed by atoms with Crippen molar-refractivity contribution in [2.24, 2.45) is 0 Å². The number of amides is 1. The summed E-state index contributed by atoms with van der Waals surface area (Å²) < 4.78 is 82.5. The molecule has 234 valence electrons. The Morgan fingerprint density at radius 2 is 1.64 bits per heavy atom. The lowest BCUT2D eigenvalue weighted by Gasteiger charge is -2.30. The summed E-state index contributed by atoms with van der Waals surface area (Å²) in [4.78, 5) is 26.1. The first-order chi connectivity index (χ1) is 20.8. The Labute approximate surface area is 251 Å². The molecule has 4 rings (SSSR count). The van der Waals surface area contributed by atoms with Gasteiger partial charge in [0.1, 0.15) is 24.8 Å². The number of fused-ring (bicyclic) bond motifs is 1. The molecular weight excluding hydrogens is 585 g/mol. The molecule has 4 aromatic rings. The van der Waals surface area contributed by atoms with E-state index < -0.39 is 58.7 Å². The number of carbonyl (C=O) groups is 2. The number of halogens is 5. The number of alkyl halides is 3. The van der Waals surface area contributed by atoms with Crippen molar-refractivity contribution in [3.63, 3.8) is 0 Å². The normalized spacial score (nSPS) is 13.0. The van der Waals surface area contributed by atoms with Gasteiger partial charge in [-0.15, -0.1) is 0 Å². The van der Waals surface area contributed by atoms with Crippen LogP contribution in [0.1, 0.15) is 72.3 Å². The molecule has 2 aromatic heterocycles. The molecule has 2 aromatic carbocycles. The number of hydrogen-bond acceptors (Lipinski definition) is 5. The van der Waals surface area contributed by atoms with Crippen LogP contribution < -0.4 is 10.1 Å². The van der Waals surface area contributed by atoms with Gasteiger partial charge in [-0.2, -0.15) is 22.8 Å². The molecule has 1 amide bonds. The number of Topliss-reactive ketones (excluding diaryl/α,β-unsaturated/α-hetero) is 1. The monoisotopic (exact) mass is 617 g/mol. The third kappa shape index (κ3) is 7.72. The predicted octanol–water partition coefficient (Wildman–Crippen LogP) is 7.97. The second kappa shape index (κ2) is 13.4. The molecule has 0 saturated heterocycles. The first-order valence-electron chi connectivity index (χ1n) is 14.0. The lowest BCUT2D eigenvalue weighted by molar-refractivity contribution is -0.141. The van der Waals surface area contributed by atoms with Crippen molar-refractivity contribution < 1.29 is 41.0 Å². The molecule has 12 heteroatoms. The van der Waals surface area contributed by atoms with Gasteiger partial charge < -0.3 is 14.8 Å². The van der Waals surface area contributed by atoms with Crippen molar-refractivity contribution in [1.29, 1.82) is 0 Å². The average Bonchev–Trinajstić information content (AvgIpc) is 3.35. The summed E-state index contributed by atoms with van der Waals surface area (Å²) >= 11 is 0. The first kappa shape index (κ1) is 32.4. The third-order valence-corrected chi connectivity index (χ3v) is 7.14. The molecule has 0 saturated carbocycles. The number of nitrogens with zero attached hydrogens (tertiary/aromatic N) is 2. The Morgan fingerprint density at radius 3 is 2.27 bits per heavy atom. The number of pyridine rings is 1. The van der Waals surface area contributed by atoms with Gasteiger partial charge in [-0.05, 0) is 56.0 Å². The lowest BCUT2D eigenvalue weighted by atomic mass is 9.88. The van der Waals surface area contributed by atoms with Gasteiger partial charge in [0, 0.05) is 18.0 Å². The lowest BCUT2D eigenvalue weighted by Crippen LogP contribution is -2.46. The zero-order chi connectivity index (χ0) is 32.1. The highest BCUT2D eigenvalue weighted by Gasteiger charge is 2.41. The van der Waals surface area contributed by atoms with E-state index in [-0.39, 0.29) is 30.8 Å². The molecule has 0 spiro atoms. The number of benzene rings is 2. The zero-order valence-electron chi connectivity index (χ0n) is 24.4. The summed E-state index contributed by atoms with van der Waals surface area (Å²) in [6, 6.07) is 15.0. The van der Waals surface area contributed by atoms with E-state index >= 15 is 0 Å². The van der Waals surface area contributed by atoms with Crippen LogP contribution in [0, 0.1) is 18.6 Å². The van der Waals surface area contributed by atoms with Gasteiger partial charge in [-0.1, -0.05) is 49.7 Å². The van der Waals surface area contributed by atoms with Crippen LogP contribution in [0.3, 0.4) is 0 Å². The van der Waals surface area contributed by atoms with Crippen molar-refractivity contribution in [3.8, 4) is 5.88 Å². The minimum Gasteiger partial charge on any atom is -0.473 e. The fraction of sp³-hybridized carbons (Fsp3) is 0.344. The number of ether oxygens (including phenoxy) is 2. The summed E-state index contributed by atoms with van der Waals surface area (Å²) in [6.45, 7) is 4.56. The molecule has 1 atom stereocenters. The molecule has 0 bridgehead atoms. The number of aryl methyl sites for hydroxylation is 1. The molecule has 0 aliphatic rings. The van der Waals surface area contributed by atoms with Crippen LogP contribution in [-0.2, 0) is 24.1 Å². The first-order valence-corrected chi connectivity index (χ1v) is 14.0. The Morgan fingerprint density at radius 1 is 0.955 bits per heavy atom. The Balaban J connectivity index is 1.58. The van der Waals surface area contributed by atoms with Crippen LogP contribution in [0.15, 0.2) is 60.7 Å². The topological polar surface area (TPSA) is 81.9 Å². The van der Waals surface area contributed by atoms with E-state index in [0.717, 1.165) is 22.2 Å². The maximum atomic E-state index is 14.2. The number of nitrogens with one attached hydrogen (secondary N) is 1. The van der Waals surface area contributed by atoms with E-state index in [0.29, 0.717) is 18.4 Å². The van der Waals surface area contributed by atoms with E-state index in [4.69, 9.17) is 9.47 Å². The van der Waals surface area contributed by atoms with Gasteiger partial charge in [0.2, 0.25) is 5.88 Å². The van der Waals surface area contributed by atoms with Crippen molar-refractivity contribution in [1.82, 2.24) is 14.9 Å². The highest BCUT2D eigenvalue weighted by Crippen LogP contribution is 2.36. The zero-order valence-corrected chi connectivity index (χ0v) is 24.4. The van der Waals surface area contributed by atoms with Gasteiger partial charge in [-0.3, -0.25) is 4.79 Å². The van der Waals surface area contributed by atoms with Gasteiger partial charge in [0.15, 0.2) is 11.5 Å². The van der Waals surface area contributed by atoms with Crippen molar-refractivity contribution in [3.05, 3.63) is 100 Å². The van der Waals surface area contributed by atoms with Crippen LogP contribution in [0.4, 0.5) is 26.7 Å². The van der Waals surface area contributed by atoms with Crippen LogP contribution in [0.25, 0.3) is 5.52 Å². The number of carbonyl (C=O) groups excluding carboxylic acids is 2. The van der Waals surface area contributed by atoms with E-state index in [2.05, 4.69) is 10.4 Å². The number of hydrogen-bond donors (Lipinski definition) is 1. The van der Waals surface area contributed by atoms with E-state index in [1.54, 1.807) is 38.1 Å². The number of aromatic nitrogens is 2. The smallest absolute Gasteiger partial charge is 0.435 e. The molecular formula is C32H32F5N3O4. The summed E-state index contributed by atoms with van der Waals surface area (Å²) in [5, 5.41) is 6.42. The highest BCUT2D eigenvalue weighted by molar-refractivity contribution is 6.04. The van der Waals surface area contributed by atoms with E-state index in [1.807, 2.05) is 13.0 Å². The molecule has 0 aliphatic heterocycles. The van der Waals surface area contributed by atoms with Crippen LogP contribution in [0.5, 0.6) is 5.88 Å². The van der Waals surface area contributed by atoms with Crippen molar-refractivity contribution >= 4 is 17.4 Å². The third-order valence-electron chi connectivity index (χ3n) is 7.14. The Bertz CT molecular complexity index is 1620. The van der Waals surface area contributed by atoms with Crippen LogP contribution >= 0.6 is 0 Å². The van der Waals surface area contributed by atoms with E-state index in [9.17, 15) is 31.5 Å². The summed E-state index contributed by atoms with van der Waals surface area (Å²) in [5.74, 6) is -2.83. The van der Waals surface area contributed by atoms with Crippen molar-refractivity contribution in [2.45, 2.75) is 71.4 Å². The summed E-state index contributed by atoms with van der Waals surface area (Å²) in [5.41, 5.74) is -2.39. The SMILES string of the molecule is CCCC(C)(CCC(=O)c1c(C(F)(F)F)nn2c(OCc3c(F)cccc3F)cc(C)cc12)NC(=O)OCc1ccccc1. The molecule has 44 heavy (non-hydrogen) atoms. The minimum atomic E-state index is -4.99. The Kier molecular flexibility index (Phi) is 9.91. The predicted molar refractivity (Wildman–Crippen MR) is 152 cm³/mol. The average molecular weight is 618 g/mol. The minimum absolute atomic E-state index is 0.0243. The van der Waals surface area contributed by atoms with Gasteiger partial charge in [-0.25, -0.2) is 13.6 Å². The summed E-state index contributed by atoms with van der Waals surface area (Å²) in [6.07, 6.45) is -4.97. The molecule has 1 N–H and O–H groups in total. The second-order valence-electron chi connectivity index (χ2n) is 10.8. The standard InChI is InChI=1S/C32H32F5N3O4/c1-4-14-31(3,38-30(42)44-18-21-9-6-5-7-10-21)15-13-26(41)28-25-16-20(2)17-27(40(25)39-29(28)32(35,36)37)43-19-22-23(33)11-8-12-24(22)34/h5-12,16-17H,4,13-15,18-19H2,1-3H3,(H,38,42). The van der Waals surface area contributed by atoms with Gasteiger partial charge in [0.05, 0.1) is 16.6 Å². The van der Waals surface area contributed by atoms with Gasteiger partial charge in [0.25, 0.3) is 0 Å². The highest BCUT2D eigenvalue weighted by atomic mass is 19.4. The van der Waals surface area contributed by atoms with Crippen molar-refractivity contribution in [2.75, 3.05) is 0 Å². The summed E-state index contributed by atoms with van der Waals surface area (Å²) in [7, 11) is 0. The molecule has 7 nitrogen and oxygen atoms in total. The number of alkyl carbamates (subject to hydrolysis) is 1. The largest absolute Gasteiger partial charge is 0.473 e. The molecule has 2 heterocycles. The quantitative estimate of drug-likeness (QED) is 0.129. The second-order valence-corrected chi connectivity index (χ2v) is 10.8.